The zero-order chi connectivity index (χ0) is 21.0. The molecule has 0 N–H and O–H groups in total. The number of amides is 2. The van der Waals surface area contributed by atoms with E-state index < -0.39 is 17.4 Å². The van der Waals surface area contributed by atoms with Gasteiger partial charge in [0.15, 0.2) is 0 Å². The second-order valence-electron chi connectivity index (χ2n) is 8.71. The molecule has 0 aliphatic carbocycles. The molecule has 2 fully saturated rings. The Labute approximate surface area is 175 Å². The lowest BCUT2D eigenvalue weighted by Crippen LogP contribution is -2.44. The summed E-state index contributed by atoms with van der Waals surface area (Å²) < 4.78 is 11.1. The Bertz CT molecular complexity index is 1030. The van der Waals surface area contributed by atoms with E-state index in [0.29, 0.717) is 25.3 Å². The first-order valence-electron chi connectivity index (χ1n) is 10.2. The van der Waals surface area contributed by atoms with Gasteiger partial charge in [-0.05, 0) is 25.0 Å². The van der Waals surface area contributed by atoms with E-state index in [4.69, 9.17) is 9.26 Å². The van der Waals surface area contributed by atoms with Crippen LogP contribution in [0.4, 0.5) is 0 Å². The van der Waals surface area contributed by atoms with Crippen LogP contribution in [-0.2, 0) is 27.4 Å². The Morgan fingerprint density at radius 2 is 2.17 bits per heavy atom. The Hall–Kier alpha value is -2.93. The first-order chi connectivity index (χ1) is 14.4. The lowest BCUT2D eigenvalue weighted by molar-refractivity contribution is -0.143. The van der Waals surface area contributed by atoms with Crippen molar-refractivity contribution in [2.75, 3.05) is 13.6 Å². The molecule has 7 heteroatoms. The summed E-state index contributed by atoms with van der Waals surface area (Å²) in [5.74, 6) is -1.09. The zero-order valence-corrected chi connectivity index (χ0v) is 17.4. The van der Waals surface area contributed by atoms with Crippen molar-refractivity contribution in [1.82, 2.24) is 15.0 Å². The van der Waals surface area contributed by atoms with E-state index in [2.05, 4.69) is 37.2 Å². The van der Waals surface area contributed by atoms with E-state index in [1.54, 1.807) is 18.0 Å². The Kier molecular flexibility index (Phi) is 4.32. The summed E-state index contributed by atoms with van der Waals surface area (Å²) in [6.07, 6.45) is 5.06. The molecule has 4 heterocycles. The number of benzene rings is 1. The number of hydrogen-bond acceptors (Lipinski definition) is 5. The van der Waals surface area contributed by atoms with Crippen LogP contribution in [-0.4, -0.2) is 52.1 Å². The highest BCUT2D eigenvalue weighted by Gasteiger charge is 2.67. The molecule has 30 heavy (non-hydrogen) atoms. The highest BCUT2D eigenvalue weighted by Crippen LogP contribution is 2.52. The number of hydrogen-bond donors (Lipinski definition) is 0. The van der Waals surface area contributed by atoms with Crippen LogP contribution in [0.25, 0.3) is 0 Å². The van der Waals surface area contributed by atoms with E-state index in [1.165, 1.54) is 11.8 Å². The average Bonchev–Trinajstić information content (AvgIpc) is 3.47. The van der Waals surface area contributed by atoms with Crippen molar-refractivity contribution < 1.29 is 18.8 Å². The highest BCUT2D eigenvalue weighted by molar-refractivity contribution is 5.93. The molecule has 5 rings (SSSR count). The molecule has 0 unspecified atom stereocenters. The van der Waals surface area contributed by atoms with Crippen LogP contribution in [0.2, 0.25) is 0 Å². The number of aryl methyl sites for hydroxylation is 2. The van der Waals surface area contributed by atoms with Crippen LogP contribution in [0, 0.1) is 25.7 Å². The van der Waals surface area contributed by atoms with Crippen LogP contribution < -0.4 is 0 Å². The molecule has 1 spiro atoms. The second-order valence-corrected chi connectivity index (χ2v) is 8.71. The fourth-order valence-corrected chi connectivity index (χ4v) is 5.06. The molecule has 7 nitrogen and oxygen atoms in total. The second kappa shape index (κ2) is 6.80. The smallest absolute Gasteiger partial charge is 0.230 e. The zero-order valence-electron chi connectivity index (χ0n) is 17.4. The van der Waals surface area contributed by atoms with Gasteiger partial charge in [-0.3, -0.25) is 9.59 Å². The fourth-order valence-electron chi connectivity index (χ4n) is 5.06. The van der Waals surface area contributed by atoms with Crippen molar-refractivity contribution in [2.24, 2.45) is 11.8 Å². The van der Waals surface area contributed by atoms with Gasteiger partial charge in [0.1, 0.15) is 17.6 Å². The Balaban J connectivity index is 1.38. The first kappa shape index (κ1) is 19.1. The summed E-state index contributed by atoms with van der Waals surface area (Å²) in [5.41, 5.74) is 3.43. The molecule has 2 saturated heterocycles. The van der Waals surface area contributed by atoms with Gasteiger partial charge in [0.2, 0.25) is 11.8 Å². The van der Waals surface area contributed by atoms with Crippen LogP contribution in [0.3, 0.4) is 0 Å². The molecule has 2 amide bonds. The van der Waals surface area contributed by atoms with Crippen molar-refractivity contribution in [3.8, 4) is 0 Å². The fraction of sp³-hybridized carbons (Fsp3) is 0.435. The molecule has 0 radical (unpaired) electrons. The third-order valence-electron chi connectivity index (χ3n) is 6.60. The minimum absolute atomic E-state index is 0.00376. The lowest BCUT2D eigenvalue weighted by atomic mass is 9.76. The van der Waals surface area contributed by atoms with E-state index in [-0.39, 0.29) is 17.9 Å². The van der Waals surface area contributed by atoms with Crippen molar-refractivity contribution in [2.45, 2.75) is 38.6 Å². The highest BCUT2D eigenvalue weighted by atomic mass is 16.5. The SMILES string of the molecule is Cc1ccc(C)c(CN2C[C@]34C=C[C@H](O3)[C@H](C(=O)N(C)Cc3ccon3)[C@H]4C2=O)c1. The van der Waals surface area contributed by atoms with Crippen molar-refractivity contribution in [1.29, 1.82) is 0 Å². The predicted molar refractivity (Wildman–Crippen MR) is 108 cm³/mol. The van der Waals surface area contributed by atoms with Crippen LogP contribution in [0.5, 0.6) is 0 Å². The minimum Gasteiger partial charge on any atom is -0.364 e. The maximum absolute atomic E-state index is 13.4. The molecule has 2 bridgehead atoms. The van der Waals surface area contributed by atoms with E-state index in [9.17, 15) is 9.59 Å². The summed E-state index contributed by atoms with van der Waals surface area (Å²) in [6, 6.07) is 8.01. The lowest BCUT2D eigenvalue weighted by Gasteiger charge is -2.27. The van der Waals surface area contributed by atoms with E-state index >= 15 is 0 Å². The molecule has 156 valence electrons. The standard InChI is InChI=1S/C23H25N3O4/c1-14-4-5-15(2)16(10-14)11-26-13-23-8-6-18(30-23)19(20(23)22(26)28)21(27)25(3)12-17-7-9-29-24-17/h4-10,18-20H,11-13H2,1-3H3/t18-,19-,20-,23-/m0/s1. The maximum atomic E-state index is 13.4. The van der Waals surface area contributed by atoms with Gasteiger partial charge in [0, 0.05) is 19.7 Å². The quantitative estimate of drug-likeness (QED) is 0.711. The Morgan fingerprint density at radius 1 is 1.33 bits per heavy atom. The third kappa shape index (κ3) is 2.88. The number of fused-ring (bicyclic) bond motifs is 1. The summed E-state index contributed by atoms with van der Waals surface area (Å²) in [4.78, 5) is 30.2. The third-order valence-corrected chi connectivity index (χ3v) is 6.60. The number of likely N-dealkylation sites (tertiary alicyclic amines) is 1. The van der Waals surface area contributed by atoms with Crippen LogP contribution >= 0.6 is 0 Å². The van der Waals surface area contributed by atoms with Gasteiger partial charge < -0.3 is 19.1 Å². The predicted octanol–water partition coefficient (Wildman–Crippen LogP) is 2.23. The molecule has 4 atom stereocenters. The van der Waals surface area contributed by atoms with Gasteiger partial charge in [-0.15, -0.1) is 0 Å². The number of carbonyl (C=O) groups excluding carboxylic acids is 2. The van der Waals surface area contributed by atoms with Gasteiger partial charge in [0.05, 0.1) is 31.0 Å². The van der Waals surface area contributed by atoms with Gasteiger partial charge in [-0.2, -0.15) is 0 Å². The van der Waals surface area contributed by atoms with E-state index in [0.717, 1.165) is 11.1 Å². The molecular formula is C23H25N3O4. The average molecular weight is 407 g/mol. The molecule has 3 aliphatic heterocycles. The molecule has 2 aromatic rings. The van der Waals surface area contributed by atoms with Gasteiger partial charge in [-0.25, -0.2) is 0 Å². The normalized spacial score (nSPS) is 29.0. The number of rotatable bonds is 5. The van der Waals surface area contributed by atoms with Gasteiger partial charge in [0.25, 0.3) is 0 Å². The summed E-state index contributed by atoms with van der Waals surface area (Å²) in [6.45, 7) is 5.45. The maximum Gasteiger partial charge on any atom is 0.230 e. The molecule has 1 aromatic heterocycles. The summed E-state index contributed by atoms with van der Waals surface area (Å²) in [7, 11) is 1.73. The minimum atomic E-state index is -0.700. The monoisotopic (exact) mass is 407 g/mol. The van der Waals surface area contributed by atoms with Crippen molar-refractivity contribution in [3.05, 3.63) is 65.1 Å². The summed E-state index contributed by atoms with van der Waals surface area (Å²) in [5, 5.41) is 3.88. The molecular weight excluding hydrogens is 382 g/mol. The Morgan fingerprint density at radius 3 is 2.93 bits per heavy atom. The van der Waals surface area contributed by atoms with E-state index in [1.807, 2.05) is 17.1 Å². The largest absolute Gasteiger partial charge is 0.364 e. The van der Waals surface area contributed by atoms with Gasteiger partial charge >= 0.3 is 0 Å². The number of nitrogens with zero attached hydrogens (tertiary/aromatic N) is 3. The summed E-state index contributed by atoms with van der Waals surface area (Å²) >= 11 is 0. The van der Waals surface area contributed by atoms with Crippen LogP contribution in [0.15, 0.2) is 47.2 Å². The molecule has 0 saturated carbocycles. The number of ether oxygens (including phenoxy) is 1. The van der Waals surface area contributed by atoms with Gasteiger partial charge in [-0.1, -0.05) is 41.1 Å². The number of aromatic nitrogens is 1. The van der Waals surface area contributed by atoms with Crippen LogP contribution in [0.1, 0.15) is 22.4 Å². The van der Waals surface area contributed by atoms with Crippen molar-refractivity contribution in [3.63, 3.8) is 0 Å². The topological polar surface area (TPSA) is 75.9 Å². The number of carbonyl (C=O) groups is 2. The van der Waals surface area contributed by atoms with Crippen molar-refractivity contribution >= 4 is 11.8 Å². The molecule has 1 aromatic carbocycles. The molecule has 3 aliphatic rings. The first-order valence-corrected chi connectivity index (χ1v) is 10.2.